The molecular weight excluding hydrogens is 458 g/mol. The molecule has 2 N–H and O–H groups in total. The van der Waals surface area contributed by atoms with Gasteiger partial charge in [0.15, 0.2) is 5.82 Å². The minimum atomic E-state index is -0.324. The predicted octanol–water partition coefficient (Wildman–Crippen LogP) is 4.27. The minimum Gasteiger partial charge on any atom is -0.490 e. The van der Waals surface area contributed by atoms with E-state index >= 15 is 0 Å². The van der Waals surface area contributed by atoms with E-state index in [-0.39, 0.29) is 35.4 Å². The zero-order chi connectivity index (χ0) is 25.7. The maximum atomic E-state index is 12.7. The molecule has 3 aromatic rings. The Kier molecular flexibility index (Phi) is 7.69. The lowest BCUT2D eigenvalue weighted by atomic mass is 9.93. The number of pyridine rings is 1. The fourth-order valence-electron chi connectivity index (χ4n) is 3.86. The van der Waals surface area contributed by atoms with Crippen LogP contribution in [0.25, 0.3) is 0 Å². The molecule has 9 heteroatoms. The Morgan fingerprint density at radius 3 is 2.47 bits per heavy atom. The molecule has 4 rings (SSSR count). The topological polar surface area (TPSA) is 110 Å². The van der Waals surface area contributed by atoms with Gasteiger partial charge in [-0.1, -0.05) is 38.1 Å². The van der Waals surface area contributed by atoms with E-state index in [1.54, 1.807) is 48.7 Å². The van der Waals surface area contributed by atoms with Crippen LogP contribution >= 0.6 is 0 Å². The second-order valence-electron chi connectivity index (χ2n) is 10.2. The Morgan fingerprint density at radius 2 is 1.81 bits per heavy atom. The first-order valence-electron chi connectivity index (χ1n) is 12.1. The molecule has 2 aromatic heterocycles. The van der Waals surface area contributed by atoms with Crippen molar-refractivity contribution in [2.45, 2.75) is 51.6 Å². The molecule has 3 heterocycles. The fraction of sp³-hybridized carbons (Fsp3) is 0.407. The van der Waals surface area contributed by atoms with Crippen LogP contribution in [0.5, 0.6) is 5.75 Å². The Labute approximate surface area is 211 Å². The Hall–Kier alpha value is -3.72. The maximum absolute atomic E-state index is 12.7. The summed E-state index contributed by atoms with van der Waals surface area (Å²) in [5, 5.41) is 9.51. The van der Waals surface area contributed by atoms with Crippen LogP contribution in [-0.4, -0.2) is 53.1 Å². The highest BCUT2D eigenvalue weighted by Crippen LogP contribution is 2.24. The molecular formula is C27H33N5O4. The highest BCUT2D eigenvalue weighted by atomic mass is 16.5. The third kappa shape index (κ3) is 6.91. The Bertz CT molecular complexity index is 1190. The number of likely N-dealkylation sites (tertiary alicyclic amines) is 1. The number of carbonyl (C=O) groups excluding carboxylic acids is 2. The summed E-state index contributed by atoms with van der Waals surface area (Å²) in [5.74, 6) is 1.21. The van der Waals surface area contributed by atoms with Gasteiger partial charge in [-0.3, -0.25) is 14.6 Å². The van der Waals surface area contributed by atoms with Crippen molar-refractivity contribution in [1.82, 2.24) is 15.0 Å². The number of piperidine rings is 1. The van der Waals surface area contributed by atoms with E-state index in [0.717, 1.165) is 31.5 Å². The molecule has 2 amide bonds. The van der Waals surface area contributed by atoms with Gasteiger partial charge in [-0.25, -0.2) is 0 Å². The lowest BCUT2D eigenvalue weighted by Gasteiger charge is -2.29. The van der Waals surface area contributed by atoms with Gasteiger partial charge < -0.3 is 24.8 Å². The third-order valence-corrected chi connectivity index (χ3v) is 6.03. The molecule has 1 saturated heterocycles. The van der Waals surface area contributed by atoms with Gasteiger partial charge in [0.2, 0.25) is 5.91 Å². The van der Waals surface area contributed by atoms with Crippen molar-refractivity contribution >= 4 is 23.3 Å². The molecule has 0 unspecified atom stereocenters. The molecule has 0 spiro atoms. The number of rotatable bonds is 7. The van der Waals surface area contributed by atoms with Crippen molar-refractivity contribution < 1.29 is 18.8 Å². The zero-order valence-electron chi connectivity index (χ0n) is 21.2. The summed E-state index contributed by atoms with van der Waals surface area (Å²) in [6, 6.07) is 12.3. The molecule has 0 saturated carbocycles. The summed E-state index contributed by atoms with van der Waals surface area (Å²) in [4.78, 5) is 31.6. The Morgan fingerprint density at radius 1 is 1.08 bits per heavy atom. The van der Waals surface area contributed by atoms with Crippen LogP contribution in [0.3, 0.4) is 0 Å². The van der Waals surface area contributed by atoms with Gasteiger partial charge in [-0.05, 0) is 43.7 Å². The summed E-state index contributed by atoms with van der Waals surface area (Å²) in [7, 11) is 2.10. The van der Waals surface area contributed by atoms with E-state index in [1.807, 2.05) is 20.8 Å². The van der Waals surface area contributed by atoms with Crippen molar-refractivity contribution in [3.63, 3.8) is 0 Å². The van der Waals surface area contributed by atoms with Crippen LogP contribution < -0.4 is 15.4 Å². The van der Waals surface area contributed by atoms with Crippen molar-refractivity contribution in [3.05, 3.63) is 65.7 Å². The van der Waals surface area contributed by atoms with E-state index in [0.29, 0.717) is 23.0 Å². The van der Waals surface area contributed by atoms with Crippen LogP contribution in [0.4, 0.5) is 11.5 Å². The van der Waals surface area contributed by atoms with Gasteiger partial charge in [-0.2, -0.15) is 0 Å². The number of hydrogen-bond acceptors (Lipinski definition) is 7. The largest absolute Gasteiger partial charge is 0.490 e. The molecule has 190 valence electrons. The summed E-state index contributed by atoms with van der Waals surface area (Å²) in [5.41, 5.74) is 1.51. The van der Waals surface area contributed by atoms with E-state index < -0.39 is 0 Å². The van der Waals surface area contributed by atoms with Crippen LogP contribution in [0.15, 0.2) is 53.2 Å². The van der Waals surface area contributed by atoms with E-state index in [1.165, 1.54) is 0 Å². The average Bonchev–Trinajstić information content (AvgIpc) is 3.31. The molecule has 0 radical (unpaired) electrons. The number of amides is 2. The first-order chi connectivity index (χ1) is 17.2. The van der Waals surface area contributed by atoms with Crippen molar-refractivity contribution in [1.29, 1.82) is 0 Å². The summed E-state index contributed by atoms with van der Waals surface area (Å²) < 4.78 is 11.4. The highest BCUT2D eigenvalue weighted by Gasteiger charge is 2.21. The SMILES string of the molecule is CN1CCC(Oc2ccnc(C(=O)Nc3ccc(CC(=O)Nc4cc(C(C)(C)C)on4)cc3)c2)CC1. The molecule has 0 atom stereocenters. The quantitative estimate of drug-likeness (QED) is 0.508. The van der Waals surface area contributed by atoms with Gasteiger partial charge in [0.25, 0.3) is 5.91 Å². The summed E-state index contributed by atoms with van der Waals surface area (Å²) in [6.45, 7) is 8.03. The number of ether oxygens (including phenoxy) is 1. The number of nitrogens with zero attached hydrogens (tertiary/aromatic N) is 3. The highest BCUT2D eigenvalue weighted by molar-refractivity contribution is 6.03. The molecule has 36 heavy (non-hydrogen) atoms. The summed E-state index contributed by atoms with van der Waals surface area (Å²) in [6.07, 6.45) is 3.82. The number of carbonyl (C=O) groups is 2. The van der Waals surface area contributed by atoms with Crippen molar-refractivity contribution in [3.8, 4) is 5.75 Å². The van der Waals surface area contributed by atoms with Crippen molar-refractivity contribution in [2.75, 3.05) is 30.8 Å². The first-order valence-corrected chi connectivity index (χ1v) is 12.1. The smallest absolute Gasteiger partial charge is 0.274 e. The van der Waals surface area contributed by atoms with Gasteiger partial charge >= 0.3 is 0 Å². The minimum absolute atomic E-state index is 0.147. The number of anilines is 2. The maximum Gasteiger partial charge on any atom is 0.274 e. The lowest BCUT2D eigenvalue weighted by Crippen LogP contribution is -2.35. The standard InChI is InChI=1S/C27H33N5O4/c1-27(2,3)23-17-24(31-36-23)30-25(33)15-18-5-7-19(8-6-18)29-26(34)22-16-21(9-12-28-22)35-20-10-13-32(4)14-11-20/h5-9,12,16-17,20H,10-11,13-15H2,1-4H3,(H,29,34)(H,30,31,33). The van der Waals surface area contributed by atoms with E-state index in [9.17, 15) is 9.59 Å². The van der Waals surface area contributed by atoms with Gasteiger partial charge in [0.1, 0.15) is 23.3 Å². The van der Waals surface area contributed by atoms with E-state index in [2.05, 4.69) is 32.7 Å². The second kappa shape index (κ2) is 10.9. The predicted molar refractivity (Wildman–Crippen MR) is 137 cm³/mol. The van der Waals surface area contributed by atoms with Gasteiger partial charge in [0, 0.05) is 42.5 Å². The molecule has 1 fully saturated rings. The van der Waals surface area contributed by atoms with Crippen LogP contribution in [0, 0.1) is 0 Å². The fourth-order valence-corrected chi connectivity index (χ4v) is 3.86. The number of nitrogens with one attached hydrogen (secondary N) is 2. The molecule has 1 aromatic carbocycles. The van der Waals surface area contributed by atoms with Crippen molar-refractivity contribution in [2.24, 2.45) is 0 Å². The number of benzene rings is 1. The molecule has 0 aliphatic carbocycles. The summed E-state index contributed by atoms with van der Waals surface area (Å²) >= 11 is 0. The molecule has 0 bridgehead atoms. The van der Waals surface area contributed by atoms with Crippen LogP contribution in [-0.2, 0) is 16.6 Å². The molecule has 1 aliphatic rings. The normalized spacial score (nSPS) is 14.9. The number of aromatic nitrogens is 2. The average molecular weight is 492 g/mol. The van der Waals surface area contributed by atoms with Gasteiger partial charge in [-0.15, -0.1) is 0 Å². The molecule has 9 nitrogen and oxygen atoms in total. The Balaban J connectivity index is 1.29. The molecule has 1 aliphatic heterocycles. The number of hydrogen-bond donors (Lipinski definition) is 2. The van der Waals surface area contributed by atoms with Crippen LogP contribution in [0.2, 0.25) is 0 Å². The monoisotopic (exact) mass is 491 g/mol. The van der Waals surface area contributed by atoms with Gasteiger partial charge in [0.05, 0.1) is 6.42 Å². The van der Waals surface area contributed by atoms with E-state index in [4.69, 9.17) is 9.26 Å². The first kappa shape index (κ1) is 25.4. The second-order valence-corrected chi connectivity index (χ2v) is 10.2. The lowest BCUT2D eigenvalue weighted by molar-refractivity contribution is -0.115. The van der Waals surface area contributed by atoms with Crippen LogP contribution in [0.1, 0.15) is 55.4 Å². The zero-order valence-corrected chi connectivity index (χ0v) is 21.2. The third-order valence-electron chi connectivity index (χ3n) is 6.03.